The number of nitrogens with two attached hydrogens (primary N) is 2. The van der Waals surface area contributed by atoms with E-state index in [1.807, 2.05) is 0 Å². The molecule has 0 atom stereocenters. The third-order valence-corrected chi connectivity index (χ3v) is 9.18. The largest absolute Gasteiger partial charge is 0.398 e. The van der Waals surface area contributed by atoms with Crippen LogP contribution in [-0.2, 0) is 5.41 Å². The molecule has 0 bridgehead atoms. The monoisotopic (exact) mass is 586 g/mol. The zero-order valence-electron chi connectivity index (χ0n) is 27.2. The Hall–Kier alpha value is -5.08. The van der Waals surface area contributed by atoms with Crippen LogP contribution in [0.25, 0.3) is 44.5 Å². The van der Waals surface area contributed by atoms with Crippen molar-refractivity contribution < 1.29 is 0 Å². The van der Waals surface area contributed by atoms with Gasteiger partial charge < -0.3 is 11.5 Å². The molecule has 224 valence electrons. The maximum absolute atomic E-state index is 6.86. The van der Waals surface area contributed by atoms with Crippen LogP contribution in [0.5, 0.6) is 0 Å². The van der Waals surface area contributed by atoms with Gasteiger partial charge in [0.2, 0.25) is 0 Å². The van der Waals surface area contributed by atoms with E-state index in [4.69, 9.17) is 11.5 Å². The molecule has 0 fully saturated rings. The van der Waals surface area contributed by atoms with Gasteiger partial charge in [0.25, 0.3) is 0 Å². The first kappa shape index (κ1) is 30.0. The van der Waals surface area contributed by atoms with Gasteiger partial charge in [0.15, 0.2) is 0 Å². The molecule has 0 spiro atoms. The van der Waals surface area contributed by atoms with Gasteiger partial charge in [-0.3, -0.25) is 0 Å². The summed E-state index contributed by atoms with van der Waals surface area (Å²) in [6, 6.07) is 43.6. The molecule has 0 radical (unpaired) electrons. The second kappa shape index (κ2) is 11.8. The molecule has 6 aromatic carbocycles. The van der Waals surface area contributed by atoms with E-state index in [1.54, 1.807) is 0 Å². The zero-order valence-corrected chi connectivity index (χ0v) is 27.2. The van der Waals surface area contributed by atoms with E-state index in [9.17, 15) is 0 Å². The molecule has 0 saturated carbocycles. The van der Waals surface area contributed by atoms with Crippen molar-refractivity contribution >= 4 is 11.4 Å². The first-order chi connectivity index (χ1) is 21.5. The van der Waals surface area contributed by atoms with Crippen molar-refractivity contribution in [3.05, 3.63) is 155 Å². The lowest BCUT2D eigenvalue weighted by Crippen LogP contribution is -2.22. The molecule has 0 saturated heterocycles. The minimum Gasteiger partial charge on any atom is -0.398 e. The van der Waals surface area contributed by atoms with Crippen LogP contribution in [0.15, 0.2) is 121 Å². The molecule has 0 aromatic heterocycles. The highest BCUT2D eigenvalue weighted by Gasteiger charge is 2.33. The number of hydrogen-bond donors (Lipinski definition) is 2. The number of benzene rings is 6. The Labute approximate surface area is 268 Å². The van der Waals surface area contributed by atoms with Crippen molar-refractivity contribution in [3.8, 4) is 44.5 Å². The van der Waals surface area contributed by atoms with Crippen molar-refractivity contribution in [2.75, 3.05) is 11.5 Å². The molecule has 0 heterocycles. The van der Waals surface area contributed by atoms with Crippen molar-refractivity contribution in [2.24, 2.45) is 0 Å². The summed E-state index contributed by atoms with van der Waals surface area (Å²) in [7, 11) is 0. The van der Waals surface area contributed by atoms with Crippen LogP contribution in [-0.4, -0.2) is 0 Å². The van der Waals surface area contributed by atoms with Gasteiger partial charge in [-0.25, -0.2) is 0 Å². The van der Waals surface area contributed by atoms with E-state index in [1.165, 1.54) is 33.4 Å². The van der Waals surface area contributed by atoms with E-state index in [2.05, 4.69) is 163 Å². The summed E-state index contributed by atoms with van der Waals surface area (Å²) in [6.45, 7) is 13.2. The summed E-state index contributed by atoms with van der Waals surface area (Å²) in [5.74, 6) is 0. The van der Waals surface area contributed by atoms with Crippen LogP contribution >= 0.6 is 0 Å². The first-order valence-electron chi connectivity index (χ1n) is 15.7. The van der Waals surface area contributed by atoms with E-state index < -0.39 is 5.41 Å². The molecule has 4 N–H and O–H groups in total. The highest BCUT2D eigenvalue weighted by molar-refractivity contribution is 5.96. The summed E-state index contributed by atoms with van der Waals surface area (Å²) in [5, 5.41) is 0. The lowest BCUT2D eigenvalue weighted by molar-refractivity contribution is 0.645. The zero-order chi connectivity index (χ0) is 31.9. The Morgan fingerprint density at radius 2 is 0.578 bits per heavy atom. The second-order valence-electron chi connectivity index (χ2n) is 13.0. The maximum atomic E-state index is 6.86. The van der Waals surface area contributed by atoms with Crippen molar-refractivity contribution in [2.45, 2.75) is 47.0 Å². The van der Waals surface area contributed by atoms with Gasteiger partial charge >= 0.3 is 0 Å². The van der Waals surface area contributed by atoms with E-state index in [-0.39, 0.29) is 0 Å². The topological polar surface area (TPSA) is 52.0 Å². The van der Waals surface area contributed by atoms with E-state index in [0.717, 1.165) is 55.9 Å². The first-order valence-corrected chi connectivity index (χ1v) is 15.7. The van der Waals surface area contributed by atoms with Gasteiger partial charge in [-0.15, -0.1) is 0 Å². The molecule has 0 aliphatic carbocycles. The van der Waals surface area contributed by atoms with Crippen LogP contribution in [0, 0.1) is 27.7 Å². The second-order valence-corrected chi connectivity index (χ2v) is 13.0. The predicted octanol–water partition coefficient (Wildman–Crippen LogP) is 11.1. The van der Waals surface area contributed by atoms with Crippen LogP contribution < -0.4 is 11.5 Å². The molecule has 0 aliphatic rings. The fourth-order valence-corrected chi connectivity index (χ4v) is 6.53. The molecular weight excluding hydrogens is 544 g/mol. The van der Waals surface area contributed by atoms with Gasteiger partial charge in [0, 0.05) is 27.9 Å². The van der Waals surface area contributed by atoms with Crippen LogP contribution in [0.1, 0.15) is 47.2 Å². The third-order valence-electron chi connectivity index (χ3n) is 9.18. The number of aryl methyl sites for hydroxylation is 4. The van der Waals surface area contributed by atoms with Crippen molar-refractivity contribution in [1.29, 1.82) is 0 Å². The normalized spacial score (nSPS) is 11.5. The summed E-state index contributed by atoms with van der Waals surface area (Å²) >= 11 is 0. The molecule has 0 aliphatic heterocycles. The Morgan fingerprint density at radius 1 is 0.333 bits per heavy atom. The average Bonchev–Trinajstić information content (AvgIpc) is 3.02. The minimum atomic E-state index is -0.430. The Bertz CT molecular complexity index is 1830. The fraction of sp³-hybridized carbons (Fsp3) is 0.163. The van der Waals surface area contributed by atoms with E-state index in [0.29, 0.717) is 0 Å². The Kier molecular flexibility index (Phi) is 7.85. The van der Waals surface area contributed by atoms with Crippen LogP contribution in [0.2, 0.25) is 0 Å². The standard InChI is InChI=1S/C43H42N2/c1-27-7-15-31(16-8-27)39-35(23-25-37(44)41(39)33-19-11-29(3)12-20-33)43(5,6)36-24-26-38(45)42(34-21-13-30(4)14-22-34)40(36)32-17-9-28(2)10-18-32/h7-26H,44-45H2,1-6H3. The van der Waals surface area contributed by atoms with Gasteiger partial charge in [-0.2, -0.15) is 0 Å². The Morgan fingerprint density at radius 3 is 0.844 bits per heavy atom. The number of hydrogen-bond acceptors (Lipinski definition) is 2. The van der Waals surface area contributed by atoms with Crippen molar-refractivity contribution in [1.82, 2.24) is 0 Å². The quantitative estimate of drug-likeness (QED) is 0.191. The van der Waals surface area contributed by atoms with Crippen LogP contribution in [0.3, 0.4) is 0 Å². The predicted molar refractivity (Wildman–Crippen MR) is 195 cm³/mol. The van der Waals surface area contributed by atoms with Gasteiger partial charge in [-0.1, -0.05) is 145 Å². The van der Waals surface area contributed by atoms with Crippen LogP contribution in [0.4, 0.5) is 11.4 Å². The number of nitrogen functional groups attached to an aromatic ring is 2. The SMILES string of the molecule is Cc1ccc(-c2c(N)ccc(C(C)(C)c3ccc(N)c(-c4ccc(C)cc4)c3-c3ccc(C)cc3)c2-c2ccc(C)cc2)cc1. The summed E-state index contributed by atoms with van der Waals surface area (Å²) in [4.78, 5) is 0. The Balaban J connectivity index is 1.69. The number of anilines is 2. The number of rotatable bonds is 6. The highest BCUT2D eigenvalue weighted by Crippen LogP contribution is 2.50. The van der Waals surface area contributed by atoms with Gasteiger partial charge in [-0.05, 0) is 84.3 Å². The molecule has 2 nitrogen and oxygen atoms in total. The molecule has 0 amide bonds. The lowest BCUT2D eigenvalue weighted by atomic mass is 9.69. The van der Waals surface area contributed by atoms with E-state index >= 15 is 0 Å². The third kappa shape index (κ3) is 5.65. The smallest absolute Gasteiger partial charge is 0.0400 e. The molecule has 2 heteroatoms. The minimum absolute atomic E-state index is 0.430. The molecule has 6 aromatic rings. The average molecular weight is 587 g/mol. The molecular formula is C43H42N2. The summed E-state index contributed by atoms with van der Waals surface area (Å²) < 4.78 is 0. The fourth-order valence-electron chi connectivity index (χ4n) is 6.53. The summed E-state index contributed by atoms with van der Waals surface area (Å²) in [5.41, 5.74) is 31.1. The lowest BCUT2D eigenvalue weighted by Gasteiger charge is -2.34. The summed E-state index contributed by atoms with van der Waals surface area (Å²) in [6.07, 6.45) is 0. The molecule has 6 rings (SSSR count). The maximum Gasteiger partial charge on any atom is 0.0400 e. The highest BCUT2D eigenvalue weighted by atomic mass is 14.6. The van der Waals surface area contributed by atoms with Crippen molar-refractivity contribution in [3.63, 3.8) is 0 Å². The molecule has 45 heavy (non-hydrogen) atoms. The van der Waals surface area contributed by atoms with Gasteiger partial charge in [0.05, 0.1) is 0 Å². The van der Waals surface area contributed by atoms with Gasteiger partial charge in [0.1, 0.15) is 0 Å². The molecule has 0 unspecified atom stereocenters.